The maximum Gasteiger partial charge on any atom is 0.325 e. The molecule has 0 aromatic heterocycles. The van der Waals surface area contributed by atoms with Gasteiger partial charge in [-0.2, -0.15) is 0 Å². The minimum atomic E-state index is -0.928. The number of hydrogen-bond donors (Lipinski definition) is 1. The molecule has 0 aliphatic carbocycles. The number of carbonyl (C=O) groups is 3. The summed E-state index contributed by atoms with van der Waals surface area (Å²) in [4.78, 5) is 38.0. The lowest BCUT2D eigenvalue weighted by atomic mass is 10.1. The average Bonchev–Trinajstić information content (AvgIpc) is 2.52. The molecule has 2 aliphatic heterocycles. The minimum absolute atomic E-state index is 0.200. The van der Waals surface area contributed by atoms with Gasteiger partial charge in [-0.3, -0.25) is 14.5 Å². The van der Waals surface area contributed by atoms with Crippen molar-refractivity contribution in [2.75, 3.05) is 32.8 Å². The molecule has 2 aliphatic rings. The third-order valence-electron chi connectivity index (χ3n) is 3.10. The van der Waals surface area contributed by atoms with Crippen LogP contribution in [-0.4, -0.2) is 66.0 Å². The predicted octanol–water partition coefficient (Wildman–Crippen LogP) is -0.824. The van der Waals surface area contributed by atoms with Crippen molar-refractivity contribution in [2.24, 2.45) is 0 Å². The normalized spacial score (nSPS) is 23.2. The van der Waals surface area contributed by atoms with Crippen LogP contribution in [0.3, 0.4) is 0 Å². The second kappa shape index (κ2) is 4.56. The summed E-state index contributed by atoms with van der Waals surface area (Å²) in [7, 11) is 0. The van der Waals surface area contributed by atoms with E-state index < -0.39 is 11.6 Å². The molecule has 2 rings (SSSR count). The van der Waals surface area contributed by atoms with Crippen LogP contribution in [0.5, 0.6) is 0 Å². The summed E-state index contributed by atoms with van der Waals surface area (Å²) in [5.74, 6) is -0.589. The van der Waals surface area contributed by atoms with E-state index in [2.05, 4.69) is 5.32 Å². The number of hydrogen-bond acceptors (Lipinski definition) is 4. The molecule has 2 saturated heterocycles. The van der Waals surface area contributed by atoms with Crippen molar-refractivity contribution in [3.8, 4) is 0 Å². The highest BCUT2D eigenvalue weighted by molar-refractivity contribution is 6.08. The Morgan fingerprint density at radius 3 is 2.44 bits per heavy atom. The van der Waals surface area contributed by atoms with Gasteiger partial charge < -0.3 is 15.0 Å². The predicted molar refractivity (Wildman–Crippen MR) is 61.7 cm³/mol. The summed E-state index contributed by atoms with van der Waals surface area (Å²) in [6.07, 6.45) is 0. The Balaban J connectivity index is 1.99. The van der Waals surface area contributed by atoms with Gasteiger partial charge in [0, 0.05) is 13.1 Å². The Kier molecular flexibility index (Phi) is 3.25. The van der Waals surface area contributed by atoms with Crippen LogP contribution in [0.4, 0.5) is 4.79 Å². The third kappa shape index (κ3) is 2.31. The lowest BCUT2D eigenvalue weighted by Gasteiger charge is -2.28. The number of imide groups is 1. The zero-order chi connectivity index (χ0) is 13.3. The maximum absolute atomic E-state index is 12.0. The van der Waals surface area contributed by atoms with Crippen LogP contribution in [0.25, 0.3) is 0 Å². The first kappa shape index (κ1) is 12.8. The van der Waals surface area contributed by atoms with Gasteiger partial charge in [-0.25, -0.2) is 4.79 Å². The van der Waals surface area contributed by atoms with E-state index in [1.165, 1.54) is 0 Å². The molecule has 18 heavy (non-hydrogen) atoms. The molecule has 4 amide bonds. The monoisotopic (exact) mass is 255 g/mol. The first-order valence-electron chi connectivity index (χ1n) is 5.91. The number of amides is 4. The van der Waals surface area contributed by atoms with Gasteiger partial charge in [-0.15, -0.1) is 0 Å². The molecular weight excluding hydrogens is 238 g/mol. The highest BCUT2D eigenvalue weighted by atomic mass is 16.5. The summed E-state index contributed by atoms with van der Waals surface area (Å²) >= 11 is 0. The average molecular weight is 255 g/mol. The lowest BCUT2D eigenvalue weighted by Crippen LogP contribution is -2.47. The third-order valence-corrected chi connectivity index (χ3v) is 3.10. The highest BCUT2D eigenvalue weighted by Gasteiger charge is 2.45. The molecule has 0 bridgehead atoms. The van der Waals surface area contributed by atoms with E-state index in [0.717, 1.165) is 4.90 Å². The fourth-order valence-corrected chi connectivity index (χ4v) is 2.01. The number of ether oxygens (including phenoxy) is 1. The number of nitrogens with one attached hydrogen (secondary N) is 1. The second-order valence-electron chi connectivity index (χ2n) is 4.94. The van der Waals surface area contributed by atoms with Crippen LogP contribution in [0.2, 0.25) is 0 Å². The van der Waals surface area contributed by atoms with E-state index >= 15 is 0 Å². The Hall–Kier alpha value is -1.63. The van der Waals surface area contributed by atoms with Crippen molar-refractivity contribution in [1.29, 1.82) is 0 Å². The minimum Gasteiger partial charge on any atom is -0.378 e. The molecule has 100 valence electrons. The molecule has 0 unspecified atom stereocenters. The fraction of sp³-hybridized carbons (Fsp3) is 0.727. The van der Waals surface area contributed by atoms with Crippen LogP contribution < -0.4 is 5.32 Å². The summed E-state index contributed by atoms with van der Waals surface area (Å²) < 4.78 is 5.14. The molecule has 0 radical (unpaired) electrons. The van der Waals surface area contributed by atoms with Crippen LogP contribution in [0.1, 0.15) is 13.8 Å². The van der Waals surface area contributed by atoms with E-state index in [4.69, 9.17) is 4.74 Å². The molecule has 7 heteroatoms. The molecule has 0 aromatic rings. The van der Waals surface area contributed by atoms with E-state index in [-0.39, 0.29) is 18.4 Å². The molecule has 2 heterocycles. The molecular formula is C11H17N3O4. The number of rotatable bonds is 2. The van der Waals surface area contributed by atoms with Crippen molar-refractivity contribution in [3.63, 3.8) is 0 Å². The number of urea groups is 1. The number of carbonyl (C=O) groups excluding carboxylic acids is 3. The molecule has 0 aromatic carbocycles. The topological polar surface area (TPSA) is 79.0 Å². The first-order valence-corrected chi connectivity index (χ1v) is 5.91. The van der Waals surface area contributed by atoms with Crippen LogP contribution in [0, 0.1) is 0 Å². The lowest BCUT2D eigenvalue weighted by molar-refractivity contribution is -0.140. The van der Waals surface area contributed by atoms with Gasteiger partial charge >= 0.3 is 6.03 Å². The highest BCUT2D eigenvalue weighted by Crippen LogP contribution is 2.16. The van der Waals surface area contributed by atoms with Crippen molar-refractivity contribution in [3.05, 3.63) is 0 Å². The quantitative estimate of drug-likeness (QED) is 0.654. The van der Waals surface area contributed by atoms with Crippen molar-refractivity contribution in [1.82, 2.24) is 15.1 Å². The Bertz CT molecular complexity index is 388. The number of morpholine rings is 1. The smallest absolute Gasteiger partial charge is 0.325 e. The summed E-state index contributed by atoms with van der Waals surface area (Å²) in [5, 5.41) is 2.54. The van der Waals surface area contributed by atoms with Crippen molar-refractivity contribution < 1.29 is 19.1 Å². The van der Waals surface area contributed by atoms with Gasteiger partial charge in [0.2, 0.25) is 5.91 Å². The van der Waals surface area contributed by atoms with E-state index in [0.29, 0.717) is 26.3 Å². The summed E-state index contributed by atoms with van der Waals surface area (Å²) in [6, 6.07) is -0.508. The van der Waals surface area contributed by atoms with Crippen molar-refractivity contribution >= 4 is 17.8 Å². The van der Waals surface area contributed by atoms with Gasteiger partial charge in [0.15, 0.2) is 0 Å². The van der Waals surface area contributed by atoms with Gasteiger partial charge in [-0.1, -0.05) is 0 Å². The maximum atomic E-state index is 12.0. The van der Waals surface area contributed by atoms with Gasteiger partial charge in [0.25, 0.3) is 5.91 Å². The summed E-state index contributed by atoms with van der Waals surface area (Å²) in [6.45, 7) is 5.04. The van der Waals surface area contributed by atoms with Crippen LogP contribution in [0.15, 0.2) is 0 Å². The SMILES string of the molecule is CC1(C)NC(=O)N(CC(=O)N2CCOCC2)C1=O. The first-order chi connectivity index (χ1) is 8.42. The van der Waals surface area contributed by atoms with Crippen LogP contribution in [-0.2, 0) is 14.3 Å². The van der Waals surface area contributed by atoms with Gasteiger partial charge in [0.1, 0.15) is 12.1 Å². The molecule has 0 spiro atoms. The Morgan fingerprint density at radius 2 is 1.94 bits per heavy atom. The van der Waals surface area contributed by atoms with E-state index in [9.17, 15) is 14.4 Å². The molecule has 2 fully saturated rings. The molecule has 0 atom stereocenters. The van der Waals surface area contributed by atoms with E-state index in [1.807, 2.05) is 0 Å². The van der Waals surface area contributed by atoms with E-state index in [1.54, 1.807) is 18.7 Å². The van der Waals surface area contributed by atoms with Crippen molar-refractivity contribution in [2.45, 2.75) is 19.4 Å². The second-order valence-corrected chi connectivity index (χ2v) is 4.94. The van der Waals surface area contributed by atoms with Gasteiger partial charge in [0.05, 0.1) is 13.2 Å². The van der Waals surface area contributed by atoms with Crippen LogP contribution >= 0.6 is 0 Å². The largest absolute Gasteiger partial charge is 0.378 e. The summed E-state index contributed by atoms with van der Waals surface area (Å²) in [5.41, 5.74) is -0.928. The molecule has 1 N–H and O–H groups in total. The molecule has 7 nitrogen and oxygen atoms in total. The zero-order valence-electron chi connectivity index (χ0n) is 10.6. The Labute approximate surface area is 105 Å². The standard InChI is InChI=1S/C11H17N3O4/c1-11(2)9(16)14(10(17)12-11)7-8(15)13-3-5-18-6-4-13/h3-7H2,1-2H3,(H,12,17). The number of nitrogens with zero attached hydrogens (tertiary/aromatic N) is 2. The van der Waals surface area contributed by atoms with Gasteiger partial charge in [-0.05, 0) is 13.8 Å². The Morgan fingerprint density at radius 1 is 1.33 bits per heavy atom. The fourth-order valence-electron chi connectivity index (χ4n) is 2.01. The zero-order valence-corrected chi connectivity index (χ0v) is 10.6. The molecule has 0 saturated carbocycles.